The maximum absolute atomic E-state index is 11.0. The Morgan fingerprint density at radius 1 is 1.32 bits per heavy atom. The minimum absolute atomic E-state index is 0.00467. The lowest BCUT2D eigenvalue weighted by atomic mass is 10.3. The molecule has 1 aliphatic rings. The molecule has 6 nitrogen and oxygen atoms in total. The van der Waals surface area contributed by atoms with Crippen LogP contribution in [-0.4, -0.2) is 46.1 Å². The van der Waals surface area contributed by atoms with Crippen molar-refractivity contribution in [1.29, 1.82) is 0 Å². The van der Waals surface area contributed by atoms with E-state index in [1.54, 1.807) is 18.2 Å². The summed E-state index contributed by atoms with van der Waals surface area (Å²) in [5.74, 6) is 0. The molecule has 1 aromatic rings. The standard InChI is InChI=1S/C12H14Cl3N3O3S/c13-12(14,15)11(17-5-7-21-8-6-17)16-22-10-4-2-1-3-9(10)18(19)20/h1-4,11,16H,5-8H2. The van der Waals surface area contributed by atoms with Gasteiger partial charge in [-0.15, -0.1) is 0 Å². The molecule has 1 saturated heterocycles. The van der Waals surface area contributed by atoms with Gasteiger partial charge in [0.05, 0.1) is 18.1 Å². The maximum Gasteiger partial charge on any atom is 0.284 e. The number of nitro groups is 1. The summed E-state index contributed by atoms with van der Waals surface area (Å²) in [7, 11) is 0. The zero-order valence-electron chi connectivity index (χ0n) is 11.4. The van der Waals surface area contributed by atoms with Crippen LogP contribution in [0.1, 0.15) is 0 Å². The first-order chi connectivity index (χ1) is 10.4. The lowest BCUT2D eigenvalue weighted by molar-refractivity contribution is -0.387. The molecule has 22 heavy (non-hydrogen) atoms. The highest BCUT2D eigenvalue weighted by atomic mass is 35.6. The Morgan fingerprint density at radius 3 is 2.55 bits per heavy atom. The molecule has 0 radical (unpaired) electrons. The molecule has 1 fully saturated rings. The van der Waals surface area contributed by atoms with Crippen LogP contribution in [0.3, 0.4) is 0 Å². The number of para-hydroxylation sites is 1. The Bertz CT molecular complexity index is 524. The molecule has 1 aliphatic heterocycles. The van der Waals surface area contributed by atoms with Crippen LogP contribution in [0.5, 0.6) is 0 Å². The van der Waals surface area contributed by atoms with Gasteiger partial charge in [-0.1, -0.05) is 46.9 Å². The maximum atomic E-state index is 11.0. The Kier molecular flexibility index (Phi) is 6.58. The summed E-state index contributed by atoms with van der Waals surface area (Å²) >= 11 is 19.2. The second-order valence-corrected chi connectivity index (χ2v) is 7.79. The van der Waals surface area contributed by atoms with Crippen molar-refractivity contribution in [2.24, 2.45) is 0 Å². The summed E-state index contributed by atoms with van der Waals surface area (Å²) in [5.41, 5.74) is 0.00467. The molecule has 10 heteroatoms. The zero-order chi connectivity index (χ0) is 16.2. The largest absolute Gasteiger partial charge is 0.379 e. The van der Waals surface area contributed by atoms with E-state index in [1.807, 2.05) is 4.90 Å². The number of morpholine rings is 1. The van der Waals surface area contributed by atoms with Gasteiger partial charge in [0, 0.05) is 19.2 Å². The number of nitro benzene ring substituents is 1. The molecule has 1 atom stereocenters. The molecule has 0 aromatic heterocycles. The zero-order valence-corrected chi connectivity index (χ0v) is 14.5. The smallest absolute Gasteiger partial charge is 0.284 e. The predicted molar refractivity (Wildman–Crippen MR) is 88.6 cm³/mol. The Labute approximate surface area is 147 Å². The van der Waals surface area contributed by atoms with E-state index in [4.69, 9.17) is 39.5 Å². The van der Waals surface area contributed by atoms with Crippen LogP contribution < -0.4 is 4.72 Å². The molecule has 1 N–H and O–H groups in total. The van der Waals surface area contributed by atoms with Crippen molar-refractivity contribution in [3.8, 4) is 0 Å². The fourth-order valence-corrected chi connectivity index (χ4v) is 3.73. The van der Waals surface area contributed by atoms with E-state index in [0.29, 0.717) is 31.2 Å². The number of benzene rings is 1. The SMILES string of the molecule is O=[N+]([O-])c1ccccc1SNC(N1CCOCC1)C(Cl)(Cl)Cl. The number of halogens is 3. The summed E-state index contributed by atoms with van der Waals surface area (Å²) in [6.45, 7) is 2.33. The second-order valence-electron chi connectivity index (χ2n) is 4.54. The molecular formula is C12H14Cl3N3O3S. The van der Waals surface area contributed by atoms with Gasteiger partial charge in [-0.05, 0) is 18.0 Å². The molecule has 0 saturated carbocycles. The lowest BCUT2D eigenvalue weighted by Crippen LogP contribution is -2.55. The number of nitrogens with one attached hydrogen (secondary N) is 1. The van der Waals surface area contributed by atoms with Gasteiger partial charge in [0.25, 0.3) is 5.69 Å². The monoisotopic (exact) mass is 385 g/mol. The van der Waals surface area contributed by atoms with E-state index in [9.17, 15) is 10.1 Å². The van der Waals surface area contributed by atoms with E-state index < -0.39 is 14.9 Å². The fraction of sp³-hybridized carbons (Fsp3) is 0.500. The summed E-state index contributed by atoms with van der Waals surface area (Å²) in [4.78, 5) is 13.0. The first kappa shape index (κ1) is 18.1. The topological polar surface area (TPSA) is 67.6 Å². The highest BCUT2D eigenvalue weighted by Gasteiger charge is 2.38. The number of rotatable bonds is 5. The Morgan fingerprint density at radius 2 is 1.95 bits per heavy atom. The quantitative estimate of drug-likeness (QED) is 0.363. The van der Waals surface area contributed by atoms with Crippen molar-refractivity contribution >= 4 is 52.4 Å². The van der Waals surface area contributed by atoms with Crippen LogP contribution in [-0.2, 0) is 4.74 Å². The second kappa shape index (κ2) is 8.01. The molecule has 0 spiro atoms. The van der Waals surface area contributed by atoms with Crippen LogP contribution in [0.15, 0.2) is 29.2 Å². The van der Waals surface area contributed by atoms with Crippen molar-refractivity contribution in [3.63, 3.8) is 0 Å². The molecule has 1 heterocycles. The molecule has 0 bridgehead atoms. The summed E-state index contributed by atoms with van der Waals surface area (Å²) in [5, 5.41) is 11.0. The molecule has 1 unspecified atom stereocenters. The third-order valence-electron chi connectivity index (χ3n) is 3.06. The van der Waals surface area contributed by atoms with Crippen molar-refractivity contribution in [3.05, 3.63) is 34.4 Å². The summed E-state index contributed by atoms with van der Waals surface area (Å²) in [6, 6.07) is 6.40. The molecule has 0 aliphatic carbocycles. The van der Waals surface area contributed by atoms with E-state index in [2.05, 4.69) is 4.72 Å². The van der Waals surface area contributed by atoms with Gasteiger partial charge < -0.3 is 4.74 Å². The van der Waals surface area contributed by atoms with Crippen LogP contribution >= 0.6 is 46.8 Å². The summed E-state index contributed by atoms with van der Waals surface area (Å²) < 4.78 is 6.73. The molecule has 122 valence electrons. The van der Waals surface area contributed by atoms with E-state index in [1.165, 1.54) is 6.07 Å². The average Bonchev–Trinajstić information content (AvgIpc) is 2.47. The van der Waals surface area contributed by atoms with Crippen molar-refractivity contribution in [2.45, 2.75) is 14.9 Å². The number of ether oxygens (including phenoxy) is 1. The molecular weight excluding hydrogens is 373 g/mol. The van der Waals surface area contributed by atoms with Crippen LogP contribution in [0.4, 0.5) is 5.69 Å². The molecule has 1 aromatic carbocycles. The van der Waals surface area contributed by atoms with Crippen LogP contribution in [0.2, 0.25) is 0 Å². The highest BCUT2D eigenvalue weighted by molar-refractivity contribution is 7.97. The predicted octanol–water partition coefficient (Wildman–Crippen LogP) is 3.22. The first-order valence-electron chi connectivity index (χ1n) is 6.44. The number of nitrogens with zero attached hydrogens (tertiary/aromatic N) is 2. The number of hydrogen-bond acceptors (Lipinski definition) is 6. The van der Waals surface area contributed by atoms with Crippen molar-refractivity contribution in [2.75, 3.05) is 26.3 Å². The van der Waals surface area contributed by atoms with Gasteiger partial charge in [-0.2, -0.15) is 0 Å². The lowest BCUT2D eigenvalue weighted by Gasteiger charge is -2.38. The Hall–Kier alpha value is -0.280. The first-order valence-corrected chi connectivity index (χ1v) is 8.39. The fourth-order valence-electron chi connectivity index (χ4n) is 2.00. The van der Waals surface area contributed by atoms with Gasteiger partial charge in [0.2, 0.25) is 3.79 Å². The normalized spacial score (nSPS) is 18.1. The minimum Gasteiger partial charge on any atom is -0.379 e. The van der Waals surface area contributed by atoms with Gasteiger partial charge in [-0.3, -0.25) is 15.0 Å². The third-order valence-corrected chi connectivity index (χ3v) is 4.59. The third kappa shape index (κ3) is 4.86. The van der Waals surface area contributed by atoms with Gasteiger partial charge in [0.15, 0.2) is 0 Å². The highest BCUT2D eigenvalue weighted by Crippen LogP contribution is 2.35. The van der Waals surface area contributed by atoms with E-state index in [-0.39, 0.29) is 5.69 Å². The van der Waals surface area contributed by atoms with E-state index in [0.717, 1.165) is 11.9 Å². The molecule has 2 rings (SSSR count). The molecule has 0 amide bonds. The van der Waals surface area contributed by atoms with Crippen LogP contribution in [0.25, 0.3) is 0 Å². The van der Waals surface area contributed by atoms with Crippen LogP contribution in [0, 0.1) is 10.1 Å². The van der Waals surface area contributed by atoms with Gasteiger partial charge in [0.1, 0.15) is 11.1 Å². The van der Waals surface area contributed by atoms with Gasteiger partial charge in [-0.25, -0.2) is 4.72 Å². The van der Waals surface area contributed by atoms with Gasteiger partial charge >= 0.3 is 0 Å². The Balaban J connectivity index is 2.10. The van der Waals surface area contributed by atoms with Crippen molar-refractivity contribution < 1.29 is 9.66 Å². The van der Waals surface area contributed by atoms with E-state index >= 15 is 0 Å². The average molecular weight is 387 g/mol. The minimum atomic E-state index is -1.58. The summed E-state index contributed by atoms with van der Waals surface area (Å²) in [6.07, 6.45) is -0.591. The number of alkyl halides is 3. The number of hydrogen-bond donors (Lipinski definition) is 1. The van der Waals surface area contributed by atoms with Crippen molar-refractivity contribution in [1.82, 2.24) is 9.62 Å².